The van der Waals surface area contributed by atoms with E-state index >= 15 is 0 Å². The van der Waals surface area contributed by atoms with E-state index in [1.807, 2.05) is 0 Å². The van der Waals surface area contributed by atoms with Crippen LogP contribution >= 0.6 is 0 Å². The minimum atomic E-state index is -0.550. The van der Waals surface area contributed by atoms with Gasteiger partial charge in [-0.05, 0) is 30.7 Å². The molecule has 0 spiro atoms. The van der Waals surface area contributed by atoms with E-state index in [-0.39, 0.29) is 17.1 Å². The van der Waals surface area contributed by atoms with Crippen LogP contribution in [0, 0.1) is 17.0 Å². The zero-order valence-electron chi connectivity index (χ0n) is 12.1. The number of nitro benzene ring substituents is 1. The molecule has 0 bridgehead atoms. The molecule has 0 saturated heterocycles. The molecule has 0 atom stereocenters. The van der Waals surface area contributed by atoms with Gasteiger partial charge in [0, 0.05) is 12.1 Å². The van der Waals surface area contributed by atoms with Gasteiger partial charge in [0.05, 0.1) is 11.2 Å². The van der Waals surface area contributed by atoms with Crippen molar-refractivity contribution in [1.29, 1.82) is 0 Å². The number of hydrogen-bond acceptors (Lipinski definition) is 5. The molecular weight excluding hydrogens is 300 g/mol. The number of nitrogens with zero attached hydrogens (tertiary/aromatic N) is 2. The molecule has 2 aromatic heterocycles. The Morgan fingerprint density at radius 3 is 2.87 bits per heavy atom. The van der Waals surface area contributed by atoms with Gasteiger partial charge in [0.25, 0.3) is 11.6 Å². The Morgan fingerprint density at radius 2 is 2.17 bits per heavy atom. The van der Waals surface area contributed by atoms with Crippen molar-refractivity contribution in [2.75, 3.05) is 5.32 Å². The van der Waals surface area contributed by atoms with Gasteiger partial charge in [-0.1, -0.05) is 6.07 Å². The van der Waals surface area contributed by atoms with Crippen LogP contribution in [0.5, 0.6) is 0 Å². The SMILES string of the molecule is Cc1ccc(NC(=O)c2cc(-c3ccco3)[nH]n2)c([N+](=O)[O-])c1. The summed E-state index contributed by atoms with van der Waals surface area (Å²) in [4.78, 5) is 22.7. The molecule has 0 radical (unpaired) electrons. The molecule has 1 amide bonds. The summed E-state index contributed by atoms with van der Waals surface area (Å²) in [5.41, 5.74) is 1.33. The van der Waals surface area contributed by atoms with Crippen LogP contribution in [0.15, 0.2) is 47.1 Å². The Kier molecular flexibility index (Phi) is 3.63. The normalized spacial score (nSPS) is 10.5. The molecule has 23 heavy (non-hydrogen) atoms. The number of carbonyl (C=O) groups is 1. The second-order valence-corrected chi connectivity index (χ2v) is 4.88. The van der Waals surface area contributed by atoms with Crippen molar-refractivity contribution in [1.82, 2.24) is 10.2 Å². The molecule has 8 nitrogen and oxygen atoms in total. The van der Waals surface area contributed by atoms with Crippen LogP contribution < -0.4 is 5.32 Å². The molecular formula is C15H12N4O4. The monoisotopic (exact) mass is 312 g/mol. The van der Waals surface area contributed by atoms with Gasteiger partial charge in [-0.15, -0.1) is 0 Å². The number of nitrogens with one attached hydrogen (secondary N) is 2. The number of benzene rings is 1. The molecule has 0 saturated carbocycles. The van der Waals surface area contributed by atoms with E-state index < -0.39 is 10.8 Å². The number of anilines is 1. The zero-order chi connectivity index (χ0) is 16.4. The van der Waals surface area contributed by atoms with Crippen LogP contribution in [0.2, 0.25) is 0 Å². The predicted octanol–water partition coefficient (Wildman–Crippen LogP) is 3.14. The lowest BCUT2D eigenvalue weighted by atomic mass is 10.2. The van der Waals surface area contributed by atoms with E-state index in [1.165, 1.54) is 24.5 Å². The predicted molar refractivity (Wildman–Crippen MR) is 82.1 cm³/mol. The fourth-order valence-electron chi connectivity index (χ4n) is 2.08. The first kappa shape index (κ1) is 14.5. The van der Waals surface area contributed by atoms with Gasteiger partial charge in [0.15, 0.2) is 11.5 Å². The van der Waals surface area contributed by atoms with Crippen molar-refractivity contribution in [3.05, 3.63) is 64.0 Å². The van der Waals surface area contributed by atoms with Gasteiger partial charge < -0.3 is 9.73 Å². The molecule has 2 heterocycles. The summed E-state index contributed by atoms with van der Waals surface area (Å²) >= 11 is 0. The summed E-state index contributed by atoms with van der Waals surface area (Å²) in [6.07, 6.45) is 1.51. The molecule has 1 aromatic carbocycles. The lowest BCUT2D eigenvalue weighted by Gasteiger charge is -2.04. The van der Waals surface area contributed by atoms with Crippen LogP contribution in [0.4, 0.5) is 11.4 Å². The zero-order valence-corrected chi connectivity index (χ0v) is 12.1. The largest absolute Gasteiger partial charge is 0.463 e. The second-order valence-electron chi connectivity index (χ2n) is 4.88. The molecule has 0 fully saturated rings. The number of amides is 1. The molecule has 3 aromatic rings. The van der Waals surface area contributed by atoms with Crippen LogP contribution in [0.25, 0.3) is 11.5 Å². The number of nitro groups is 1. The van der Waals surface area contributed by atoms with Gasteiger partial charge >= 0.3 is 0 Å². The molecule has 0 aliphatic heterocycles. The first-order valence-electron chi connectivity index (χ1n) is 6.70. The fraction of sp³-hybridized carbons (Fsp3) is 0.0667. The van der Waals surface area contributed by atoms with Crippen molar-refractivity contribution in [3.8, 4) is 11.5 Å². The summed E-state index contributed by atoms with van der Waals surface area (Å²) in [6, 6.07) is 9.52. The summed E-state index contributed by atoms with van der Waals surface area (Å²) in [5, 5.41) is 20.1. The highest BCUT2D eigenvalue weighted by Gasteiger charge is 2.19. The molecule has 0 aliphatic carbocycles. The second kappa shape index (κ2) is 5.76. The fourth-order valence-corrected chi connectivity index (χ4v) is 2.08. The number of H-pyrrole nitrogens is 1. The van der Waals surface area contributed by atoms with Crippen LogP contribution in [0.1, 0.15) is 16.1 Å². The first-order chi connectivity index (χ1) is 11.0. The highest BCUT2D eigenvalue weighted by Crippen LogP contribution is 2.26. The highest BCUT2D eigenvalue weighted by atomic mass is 16.6. The Hall–Kier alpha value is -3.42. The molecule has 3 rings (SSSR count). The molecule has 2 N–H and O–H groups in total. The maximum atomic E-state index is 12.2. The van der Waals surface area contributed by atoms with Gasteiger partial charge in [-0.3, -0.25) is 20.0 Å². The maximum absolute atomic E-state index is 12.2. The van der Waals surface area contributed by atoms with Crippen LogP contribution in [0.3, 0.4) is 0 Å². The van der Waals surface area contributed by atoms with Crippen molar-refractivity contribution < 1.29 is 14.1 Å². The minimum absolute atomic E-state index is 0.103. The van der Waals surface area contributed by atoms with Gasteiger partial charge in [0.1, 0.15) is 11.4 Å². The number of aromatic amines is 1. The lowest BCUT2D eigenvalue weighted by molar-refractivity contribution is -0.384. The highest BCUT2D eigenvalue weighted by molar-refractivity contribution is 6.04. The third-order valence-electron chi connectivity index (χ3n) is 3.20. The third-order valence-corrected chi connectivity index (χ3v) is 3.20. The van der Waals surface area contributed by atoms with E-state index in [0.717, 1.165) is 5.56 Å². The summed E-state index contributed by atoms with van der Waals surface area (Å²) in [6.45, 7) is 1.74. The Labute approximate surface area is 130 Å². The average molecular weight is 312 g/mol. The molecule has 0 unspecified atom stereocenters. The topological polar surface area (TPSA) is 114 Å². The van der Waals surface area contributed by atoms with Crippen molar-refractivity contribution in [2.45, 2.75) is 6.92 Å². The smallest absolute Gasteiger partial charge is 0.293 e. The van der Waals surface area contributed by atoms with Gasteiger partial charge in [0.2, 0.25) is 0 Å². The number of carbonyl (C=O) groups excluding carboxylic acids is 1. The third kappa shape index (κ3) is 2.95. The standard InChI is InChI=1S/C15H12N4O4/c1-9-4-5-10(13(7-9)19(21)22)16-15(20)12-8-11(17-18-12)14-3-2-6-23-14/h2-8H,1H3,(H,16,20)(H,17,18). The molecule has 116 valence electrons. The van der Waals surface area contributed by atoms with Gasteiger partial charge in [-0.25, -0.2) is 0 Å². The Balaban J connectivity index is 1.84. The molecule has 8 heteroatoms. The maximum Gasteiger partial charge on any atom is 0.293 e. The first-order valence-corrected chi connectivity index (χ1v) is 6.70. The van der Waals surface area contributed by atoms with E-state index in [4.69, 9.17) is 4.42 Å². The van der Waals surface area contributed by atoms with Crippen molar-refractivity contribution >= 4 is 17.3 Å². The van der Waals surface area contributed by atoms with E-state index in [2.05, 4.69) is 15.5 Å². The van der Waals surface area contributed by atoms with Gasteiger partial charge in [-0.2, -0.15) is 5.10 Å². The summed E-state index contributed by atoms with van der Waals surface area (Å²) in [7, 11) is 0. The minimum Gasteiger partial charge on any atom is -0.463 e. The van der Waals surface area contributed by atoms with E-state index in [0.29, 0.717) is 11.5 Å². The number of furan rings is 1. The number of hydrogen-bond donors (Lipinski definition) is 2. The Morgan fingerprint density at radius 1 is 1.35 bits per heavy atom. The van der Waals surface area contributed by atoms with Crippen LogP contribution in [-0.4, -0.2) is 21.0 Å². The quantitative estimate of drug-likeness (QED) is 0.567. The van der Waals surface area contributed by atoms with Crippen molar-refractivity contribution in [2.24, 2.45) is 0 Å². The number of aromatic nitrogens is 2. The van der Waals surface area contributed by atoms with Crippen LogP contribution in [-0.2, 0) is 0 Å². The number of aryl methyl sites for hydroxylation is 1. The average Bonchev–Trinajstić information content (AvgIpc) is 3.19. The molecule has 0 aliphatic rings. The Bertz CT molecular complexity index is 867. The lowest BCUT2D eigenvalue weighted by Crippen LogP contribution is -2.13. The summed E-state index contributed by atoms with van der Waals surface area (Å²) < 4.78 is 5.20. The number of rotatable bonds is 4. The van der Waals surface area contributed by atoms with E-state index in [9.17, 15) is 14.9 Å². The van der Waals surface area contributed by atoms with Crippen molar-refractivity contribution in [3.63, 3.8) is 0 Å². The van der Waals surface area contributed by atoms with E-state index in [1.54, 1.807) is 25.1 Å². The summed E-state index contributed by atoms with van der Waals surface area (Å²) in [5.74, 6) is -0.0103.